The summed E-state index contributed by atoms with van der Waals surface area (Å²) in [6.07, 6.45) is 3.22. The number of unbranched alkanes of at least 4 members (excludes halogenated alkanes) is 2. The number of hydrogen-bond donors (Lipinski definition) is 1. The molecule has 1 N–H and O–H groups in total. The molecule has 0 aliphatic heterocycles. The molecule has 1 aromatic carbocycles. The first-order valence-electron chi connectivity index (χ1n) is 8.79. The number of benzene rings is 1. The number of carbonyl (C=O) groups excluding carboxylic acids is 1. The van der Waals surface area contributed by atoms with Crippen LogP contribution in [0.1, 0.15) is 36.7 Å². The van der Waals surface area contributed by atoms with E-state index in [2.05, 4.69) is 17.3 Å². The largest absolute Gasteiger partial charge is 0.497 e. The van der Waals surface area contributed by atoms with Gasteiger partial charge in [-0.15, -0.1) is 11.3 Å². The number of carbonyl (C=O) groups is 1. The van der Waals surface area contributed by atoms with Gasteiger partial charge in [-0.25, -0.2) is 4.68 Å². The molecule has 2 aromatic heterocycles. The van der Waals surface area contributed by atoms with E-state index in [-0.39, 0.29) is 5.91 Å². The Labute approximate surface area is 157 Å². The molecule has 3 aromatic rings. The van der Waals surface area contributed by atoms with E-state index in [1.165, 1.54) is 0 Å². The molecule has 0 saturated carbocycles. The van der Waals surface area contributed by atoms with Gasteiger partial charge in [0.15, 0.2) is 0 Å². The molecule has 0 aliphatic carbocycles. The first-order chi connectivity index (χ1) is 12.7. The maximum Gasteiger partial charge on any atom is 0.270 e. The zero-order valence-corrected chi connectivity index (χ0v) is 15.9. The first kappa shape index (κ1) is 18.2. The number of nitrogens with zero attached hydrogens (tertiary/aromatic N) is 2. The number of methoxy groups -OCH3 is 1. The van der Waals surface area contributed by atoms with Gasteiger partial charge in [0.2, 0.25) is 0 Å². The highest BCUT2D eigenvalue weighted by atomic mass is 32.1. The third-order valence-corrected chi connectivity index (χ3v) is 4.99. The monoisotopic (exact) mass is 369 g/mol. The van der Waals surface area contributed by atoms with Crippen molar-refractivity contribution in [1.82, 2.24) is 15.1 Å². The predicted molar refractivity (Wildman–Crippen MR) is 105 cm³/mol. The van der Waals surface area contributed by atoms with Crippen LogP contribution in [0.4, 0.5) is 0 Å². The van der Waals surface area contributed by atoms with E-state index in [0.717, 1.165) is 41.3 Å². The van der Waals surface area contributed by atoms with Gasteiger partial charge in [-0.05, 0) is 48.2 Å². The summed E-state index contributed by atoms with van der Waals surface area (Å²) < 4.78 is 6.91. The number of thiophene rings is 1. The van der Waals surface area contributed by atoms with Crippen LogP contribution >= 0.6 is 11.3 Å². The number of aromatic nitrogens is 2. The van der Waals surface area contributed by atoms with Gasteiger partial charge in [0.1, 0.15) is 17.1 Å². The van der Waals surface area contributed by atoms with Gasteiger partial charge in [-0.2, -0.15) is 5.10 Å². The van der Waals surface area contributed by atoms with Crippen molar-refractivity contribution in [2.75, 3.05) is 13.7 Å². The summed E-state index contributed by atoms with van der Waals surface area (Å²) in [5.41, 5.74) is 2.16. The van der Waals surface area contributed by atoms with Crippen LogP contribution in [0.5, 0.6) is 5.75 Å². The molecule has 0 saturated heterocycles. The summed E-state index contributed by atoms with van der Waals surface area (Å²) in [5, 5.41) is 9.68. The van der Waals surface area contributed by atoms with Gasteiger partial charge in [-0.1, -0.05) is 25.8 Å². The molecule has 0 radical (unpaired) electrons. The lowest BCUT2D eigenvalue weighted by Gasteiger charge is -2.09. The lowest BCUT2D eigenvalue weighted by molar-refractivity contribution is 0.0945. The van der Waals surface area contributed by atoms with Crippen LogP contribution < -0.4 is 10.1 Å². The Morgan fingerprint density at radius 2 is 2.04 bits per heavy atom. The van der Waals surface area contributed by atoms with Gasteiger partial charge < -0.3 is 10.1 Å². The molecule has 0 unspecified atom stereocenters. The molecule has 0 spiro atoms. The molecule has 1 amide bonds. The van der Waals surface area contributed by atoms with E-state index >= 15 is 0 Å². The van der Waals surface area contributed by atoms with Crippen molar-refractivity contribution in [3.05, 3.63) is 53.5 Å². The fraction of sp³-hybridized carbons (Fsp3) is 0.300. The topological polar surface area (TPSA) is 56.2 Å². The van der Waals surface area contributed by atoms with Crippen LogP contribution in [0.3, 0.4) is 0 Å². The van der Waals surface area contributed by atoms with Gasteiger partial charge in [-0.3, -0.25) is 4.79 Å². The summed E-state index contributed by atoms with van der Waals surface area (Å²) in [6, 6.07) is 13.4. The quantitative estimate of drug-likeness (QED) is 0.594. The Bertz CT molecular complexity index is 839. The van der Waals surface area contributed by atoms with Gasteiger partial charge in [0.05, 0.1) is 17.7 Å². The smallest absolute Gasteiger partial charge is 0.270 e. The molecule has 0 fully saturated rings. The van der Waals surface area contributed by atoms with E-state index in [4.69, 9.17) is 4.74 Å². The van der Waals surface area contributed by atoms with Gasteiger partial charge in [0, 0.05) is 6.54 Å². The lowest BCUT2D eigenvalue weighted by Crippen LogP contribution is -2.26. The van der Waals surface area contributed by atoms with Crippen molar-refractivity contribution < 1.29 is 9.53 Å². The number of ether oxygens (including phenoxy) is 1. The van der Waals surface area contributed by atoms with E-state index in [1.54, 1.807) is 23.1 Å². The van der Waals surface area contributed by atoms with Crippen molar-refractivity contribution in [2.45, 2.75) is 26.2 Å². The minimum absolute atomic E-state index is 0.104. The first-order valence-corrected chi connectivity index (χ1v) is 9.67. The molecular formula is C20H23N3O2S. The number of amides is 1. The van der Waals surface area contributed by atoms with Gasteiger partial charge in [0.25, 0.3) is 5.91 Å². The molecular weight excluding hydrogens is 346 g/mol. The highest BCUT2D eigenvalue weighted by Crippen LogP contribution is 2.26. The number of hydrogen-bond acceptors (Lipinski definition) is 4. The SMILES string of the molecule is CCCCCNC(=O)c1cc(-c2cccs2)nn1-c1ccc(OC)cc1. The second kappa shape index (κ2) is 8.67. The molecule has 26 heavy (non-hydrogen) atoms. The van der Waals surface area contributed by atoms with E-state index in [9.17, 15) is 4.79 Å². The van der Waals surface area contributed by atoms with Crippen LogP contribution in [0.2, 0.25) is 0 Å². The van der Waals surface area contributed by atoms with Crippen LogP contribution in [0, 0.1) is 0 Å². The average Bonchev–Trinajstić information content (AvgIpc) is 3.34. The van der Waals surface area contributed by atoms with Crippen LogP contribution in [-0.4, -0.2) is 29.3 Å². The molecule has 0 atom stereocenters. The molecule has 0 bridgehead atoms. The Morgan fingerprint density at radius 1 is 1.23 bits per heavy atom. The fourth-order valence-electron chi connectivity index (χ4n) is 2.68. The number of nitrogens with one attached hydrogen (secondary N) is 1. The van der Waals surface area contributed by atoms with E-state index in [0.29, 0.717) is 12.2 Å². The van der Waals surface area contributed by atoms with Crippen molar-refractivity contribution in [3.63, 3.8) is 0 Å². The molecule has 0 aliphatic rings. The van der Waals surface area contributed by atoms with Gasteiger partial charge >= 0.3 is 0 Å². The molecule has 136 valence electrons. The molecule has 3 rings (SSSR count). The molecule has 5 nitrogen and oxygen atoms in total. The summed E-state index contributed by atoms with van der Waals surface area (Å²) >= 11 is 1.61. The summed E-state index contributed by atoms with van der Waals surface area (Å²) in [7, 11) is 1.63. The summed E-state index contributed by atoms with van der Waals surface area (Å²) in [6.45, 7) is 2.82. The van der Waals surface area contributed by atoms with E-state index < -0.39 is 0 Å². The zero-order chi connectivity index (χ0) is 18.4. The van der Waals surface area contributed by atoms with Crippen molar-refractivity contribution >= 4 is 17.2 Å². The minimum Gasteiger partial charge on any atom is -0.497 e. The van der Waals surface area contributed by atoms with E-state index in [1.807, 2.05) is 47.8 Å². The Morgan fingerprint density at radius 3 is 2.69 bits per heavy atom. The summed E-state index contributed by atoms with van der Waals surface area (Å²) in [5.74, 6) is 0.664. The Balaban J connectivity index is 1.91. The van der Waals surface area contributed by atoms with Crippen molar-refractivity contribution in [1.29, 1.82) is 0 Å². The Kier molecular flexibility index (Phi) is 6.07. The third kappa shape index (κ3) is 4.14. The summed E-state index contributed by atoms with van der Waals surface area (Å²) in [4.78, 5) is 13.8. The minimum atomic E-state index is -0.104. The van der Waals surface area contributed by atoms with Crippen molar-refractivity contribution in [3.8, 4) is 22.0 Å². The highest BCUT2D eigenvalue weighted by Gasteiger charge is 2.17. The molecule has 2 heterocycles. The lowest BCUT2D eigenvalue weighted by atomic mass is 10.2. The zero-order valence-electron chi connectivity index (χ0n) is 15.1. The second-order valence-corrected chi connectivity index (χ2v) is 6.91. The van der Waals surface area contributed by atoms with Crippen LogP contribution in [0.15, 0.2) is 47.8 Å². The second-order valence-electron chi connectivity index (χ2n) is 5.96. The average molecular weight is 369 g/mol. The fourth-order valence-corrected chi connectivity index (χ4v) is 3.36. The van der Waals surface area contributed by atoms with Crippen LogP contribution in [-0.2, 0) is 0 Å². The molecule has 6 heteroatoms. The van der Waals surface area contributed by atoms with Crippen molar-refractivity contribution in [2.24, 2.45) is 0 Å². The Hall–Kier alpha value is -2.60. The van der Waals surface area contributed by atoms with Crippen LogP contribution in [0.25, 0.3) is 16.3 Å². The number of rotatable bonds is 8. The standard InChI is InChI=1S/C20H23N3O2S/c1-3-4-5-12-21-20(24)18-14-17(19-7-6-13-26-19)22-23(18)15-8-10-16(25-2)11-9-15/h6-11,13-14H,3-5,12H2,1-2H3,(H,21,24). The predicted octanol–water partition coefficient (Wildman–Crippen LogP) is 4.53. The highest BCUT2D eigenvalue weighted by molar-refractivity contribution is 7.13. The maximum absolute atomic E-state index is 12.7. The third-order valence-electron chi connectivity index (χ3n) is 4.10. The normalized spacial score (nSPS) is 10.7. The maximum atomic E-state index is 12.7.